The number of piperidine rings is 1. The summed E-state index contributed by atoms with van der Waals surface area (Å²) in [6.07, 6.45) is 6.95. The summed E-state index contributed by atoms with van der Waals surface area (Å²) in [6, 6.07) is 7.70. The Morgan fingerprint density at radius 3 is 2.81 bits per heavy atom. The highest BCUT2D eigenvalue weighted by atomic mass is 16.2. The number of likely N-dealkylation sites (tertiary alicyclic amines) is 1. The molecule has 1 aromatic heterocycles. The summed E-state index contributed by atoms with van der Waals surface area (Å²) in [5, 5.41) is 8.60. The van der Waals surface area contributed by atoms with Gasteiger partial charge in [0.2, 0.25) is 5.91 Å². The van der Waals surface area contributed by atoms with E-state index in [1.165, 1.54) is 6.42 Å². The minimum absolute atomic E-state index is 0.0303. The lowest BCUT2D eigenvalue weighted by Crippen LogP contribution is -2.36. The third-order valence-electron chi connectivity index (χ3n) is 4.49. The molecule has 0 saturated carbocycles. The molecule has 26 heavy (non-hydrogen) atoms. The fraction of sp³-hybridized carbons (Fsp3) is 0.368. The van der Waals surface area contributed by atoms with E-state index in [0.29, 0.717) is 18.1 Å². The summed E-state index contributed by atoms with van der Waals surface area (Å²) in [7, 11) is 1.67. The van der Waals surface area contributed by atoms with Gasteiger partial charge in [-0.15, -0.1) is 0 Å². The summed E-state index contributed by atoms with van der Waals surface area (Å²) in [5.41, 5.74) is 1.46. The summed E-state index contributed by atoms with van der Waals surface area (Å²) < 4.78 is 0. The molecule has 0 aliphatic carbocycles. The third-order valence-corrected chi connectivity index (χ3v) is 4.49. The van der Waals surface area contributed by atoms with Gasteiger partial charge < -0.3 is 11.2 Å². The summed E-state index contributed by atoms with van der Waals surface area (Å²) in [6.45, 7) is 2.39. The van der Waals surface area contributed by atoms with Crippen LogP contribution in [0.15, 0.2) is 40.6 Å². The van der Waals surface area contributed by atoms with E-state index in [1.54, 1.807) is 19.5 Å². The summed E-state index contributed by atoms with van der Waals surface area (Å²) >= 11 is 0. The van der Waals surface area contributed by atoms with Crippen LogP contribution in [0.4, 0.5) is 5.82 Å². The van der Waals surface area contributed by atoms with Crippen LogP contribution in [-0.4, -0.2) is 54.4 Å². The molecule has 1 aliphatic rings. The molecule has 0 unspecified atom stereocenters. The van der Waals surface area contributed by atoms with Crippen LogP contribution in [0.5, 0.6) is 0 Å². The van der Waals surface area contributed by atoms with Crippen LogP contribution in [0.2, 0.25) is 0 Å². The standard InChI is InChI=1S/C19H24N6O/c1-21-12-17(24-20)14-5-6-15-11-22-18(10-16(15)9-14)23-19(26)13-25-7-3-2-4-8-25/h5-6,9-12H,2-4,7-8,13,20H2,1H3,(H,22,23,26). The molecule has 2 aromatic rings. The molecule has 0 atom stereocenters. The molecule has 7 heteroatoms. The number of nitrogens with two attached hydrogens (primary N) is 1. The second-order valence-corrected chi connectivity index (χ2v) is 6.42. The van der Waals surface area contributed by atoms with Gasteiger partial charge in [-0.2, -0.15) is 5.10 Å². The van der Waals surface area contributed by atoms with Crippen LogP contribution in [0.1, 0.15) is 24.8 Å². The Kier molecular flexibility index (Phi) is 5.91. The highest BCUT2D eigenvalue weighted by Crippen LogP contribution is 2.19. The lowest BCUT2D eigenvalue weighted by Gasteiger charge is -2.25. The van der Waals surface area contributed by atoms with Gasteiger partial charge in [0.15, 0.2) is 0 Å². The molecule has 136 valence electrons. The number of carbonyl (C=O) groups excluding carboxylic acids is 1. The smallest absolute Gasteiger partial charge is 0.239 e. The lowest BCUT2D eigenvalue weighted by molar-refractivity contribution is -0.117. The number of hydrazone groups is 1. The van der Waals surface area contributed by atoms with Crippen LogP contribution >= 0.6 is 0 Å². The zero-order valence-corrected chi connectivity index (χ0v) is 15.0. The maximum atomic E-state index is 12.3. The molecular weight excluding hydrogens is 328 g/mol. The average molecular weight is 352 g/mol. The molecule has 3 N–H and O–H groups in total. The van der Waals surface area contributed by atoms with Crippen molar-refractivity contribution in [3.63, 3.8) is 0 Å². The Labute approximate surface area is 153 Å². The highest BCUT2D eigenvalue weighted by molar-refractivity contribution is 6.38. The van der Waals surface area contributed by atoms with E-state index in [-0.39, 0.29) is 5.91 Å². The number of benzene rings is 1. The topological polar surface area (TPSA) is 96.0 Å². The molecule has 1 saturated heterocycles. The highest BCUT2D eigenvalue weighted by Gasteiger charge is 2.14. The monoisotopic (exact) mass is 352 g/mol. The third kappa shape index (κ3) is 4.43. The molecule has 0 bridgehead atoms. The molecule has 1 aromatic carbocycles. The molecule has 1 aliphatic heterocycles. The zero-order valence-electron chi connectivity index (χ0n) is 15.0. The number of hydrogen-bond donors (Lipinski definition) is 2. The first-order valence-corrected chi connectivity index (χ1v) is 8.82. The largest absolute Gasteiger partial charge is 0.323 e. The number of anilines is 1. The Morgan fingerprint density at radius 1 is 1.27 bits per heavy atom. The number of hydrogen-bond acceptors (Lipinski definition) is 6. The maximum Gasteiger partial charge on any atom is 0.239 e. The van der Waals surface area contributed by atoms with E-state index in [4.69, 9.17) is 5.84 Å². The van der Waals surface area contributed by atoms with Gasteiger partial charge in [-0.05, 0) is 43.5 Å². The molecule has 1 fully saturated rings. The molecule has 3 rings (SSSR count). The van der Waals surface area contributed by atoms with Crippen molar-refractivity contribution < 1.29 is 4.79 Å². The molecule has 0 spiro atoms. The molecule has 0 radical (unpaired) electrons. The first kappa shape index (κ1) is 18.0. The van der Waals surface area contributed by atoms with Crippen molar-refractivity contribution in [2.45, 2.75) is 19.3 Å². The van der Waals surface area contributed by atoms with Gasteiger partial charge in [-0.1, -0.05) is 18.6 Å². The quantitative estimate of drug-likeness (QED) is 0.489. The van der Waals surface area contributed by atoms with Crippen molar-refractivity contribution in [1.29, 1.82) is 0 Å². The average Bonchev–Trinajstić information content (AvgIpc) is 2.66. The molecule has 7 nitrogen and oxygen atoms in total. The number of fused-ring (bicyclic) bond motifs is 1. The number of nitrogens with one attached hydrogen (secondary N) is 1. The van der Waals surface area contributed by atoms with Crippen LogP contribution in [-0.2, 0) is 4.79 Å². The second-order valence-electron chi connectivity index (χ2n) is 6.42. The Hall–Kier alpha value is -2.80. The van der Waals surface area contributed by atoms with Crippen molar-refractivity contribution in [3.05, 3.63) is 36.0 Å². The van der Waals surface area contributed by atoms with Crippen molar-refractivity contribution in [2.24, 2.45) is 15.9 Å². The van der Waals surface area contributed by atoms with Crippen molar-refractivity contribution in [1.82, 2.24) is 9.88 Å². The van der Waals surface area contributed by atoms with Crippen molar-refractivity contribution in [3.8, 4) is 0 Å². The fourth-order valence-electron chi connectivity index (χ4n) is 3.18. The molecular formula is C19H24N6O. The minimum Gasteiger partial charge on any atom is -0.323 e. The normalized spacial score (nSPS) is 16.3. The van der Waals surface area contributed by atoms with Gasteiger partial charge in [-0.3, -0.25) is 14.7 Å². The van der Waals surface area contributed by atoms with Gasteiger partial charge >= 0.3 is 0 Å². The number of pyridine rings is 1. The zero-order chi connectivity index (χ0) is 18.4. The fourth-order valence-corrected chi connectivity index (χ4v) is 3.18. The molecule has 1 amide bonds. The van der Waals surface area contributed by atoms with Crippen LogP contribution < -0.4 is 11.2 Å². The first-order valence-electron chi connectivity index (χ1n) is 8.82. The number of nitrogens with zero attached hydrogens (tertiary/aromatic N) is 4. The van der Waals surface area contributed by atoms with Gasteiger partial charge in [0.1, 0.15) is 11.5 Å². The minimum atomic E-state index is -0.0303. The Balaban J connectivity index is 1.75. The first-order chi connectivity index (χ1) is 12.7. The number of rotatable bonds is 5. The van der Waals surface area contributed by atoms with E-state index in [2.05, 4.69) is 25.3 Å². The van der Waals surface area contributed by atoms with Gasteiger partial charge in [0.05, 0.1) is 6.54 Å². The SMILES string of the molecule is CN=CC(=NN)c1ccc2cnc(NC(=O)CN3CCCCC3)cc2c1. The van der Waals surface area contributed by atoms with E-state index in [1.807, 2.05) is 24.3 Å². The number of amides is 1. The predicted octanol–water partition coefficient (Wildman–Crippen LogP) is 2.02. The van der Waals surface area contributed by atoms with Gasteiger partial charge in [0.25, 0.3) is 0 Å². The Morgan fingerprint density at radius 2 is 2.08 bits per heavy atom. The van der Waals surface area contributed by atoms with Crippen LogP contribution in [0.3, 0.4) is 0 Å². The van der Waals surface area contributed by atoms with Crippen LogP contribution in [0.25, 0.3) is 10.8 Å². The Bertz CT molecular complexity index is 839. The van der Waals surface area contributed by atoms with Crippen molar-refractivity contribution >= 4 is 34.4 Å². The van der Waals surface area contributed by atoms with Gasteiger partial charge in [0, 0.05) is 30.4 Å². The van der Waals surface area contributed by atoms with Gasteiger partial charge in [-0.25, -0.2) is 4.98 Å². The maximum absolute atomic E-state index is 12.3. The summed E-state index contributed by atoms with van der Waals surface area (Å²) in [4.78, 5) is 22.8. The van der Waals surface area contributed by atoms with Crippen molar-refractivity contribution in [2.75, 3.05) is 32.0 Å². The molecule has 2 heterocycles. The predicted molar refractivity (Wildman–Crippen MR) is 106 cm³/mol. The van der Waals surface area contributed by atoms with Crippen LogP contribution in [0, 0.1) is 0 Å². The summed E-state index contributed by atoms with van der Waals surface area (Å²) in [5.74, 6) is 5.96. The van der Waals surface area contributed by atoms with E-state index >= 15 is 0 Å². The number of aromatic nitrogens is 1. The lowest BCUT2D eigenvalue weighted by atomic mass is 10.1. The number of aliphatic imine (C=N–C) groups is 1. The van der Waals surface area contributed by atoms with E-state index in [9.17, 15) is 4.79 Å². The van der Waals surface area contributed by atoms with E-state index in [0.717, 1.165) is 42.3 Å². The van der Waals surface area contributed by atoms with E-state index < -0.39 is 0 Å². The number of carbonyl (C=O) groups is 1. The second kappa shape index (κ2) is 8.53.